The first-order chi connectivity index (χ1) is 8.95. The van der Waals surface area contributed by atoms with E-state index in [1.165, 1.54) is 4.68 Å². The Hall–Kier alpha value is -1.52. The second-order valence-corrected chi connectivity index (χ2v) is 4.91. The minimum Gasteiger partial charge on any atom is -0.478 e. The zero-order chi connectivity index (χ0) is 14.2. The normalized spacial score (nSPS) is 10.7. The monoisotopic (exact) mass is 298 g/mol. The lowest BCUT2D eigenvalue weighted by Gasteiger charge is -2.07. The predicted molar refractivity (Wildman–Crippen MR) is 74.7 cm³/mol. The summed E-state index contributed by atoms with van der Waals surface area (Å²) in [6.45, 7) is 3.72. The van der Waals surface area contributed by atoms with E-state index >= 15 is 0 Å². The fourth-order valence-corrected chi connectivity index (χ4v) is 2.35. The molecule has 0 fully saturated rings. The molecule has 0 aliphatic carbocycles. The highest BCUT2D eigenvalue weighted by Gasteiger charge is 2.22. The van der Waals surface area contributed by atoms with Gasteiger partial charge in [-0.05, 0) is 31.0 Å². The van der Waals surface area contributed by atoms with E-state index in [-0.39, 0.29) is 10.7 Å². The molecule has 0 aliphatic rings. The second-order valence-electron chi connectivity index (χ2n) is 4.11. The van der Waals surface area contributed by atoms with Crippen LogP contribution in [0.3, 0.4) is 0 Å². The Kier molecular flexibility index (Phi) is 3.83. The Bertz CT molecular complexity index is 650. The molecule has 6 heteroatoms. The summed E-state index contributed by atoms with van der Waals surface area (Å²) in [5.74, 6) is -1.08. The van der Waals surface area contributed by atoms with Crippen LogP contribution in [-0.4, -0.2) is 20.9 Å². The third-order valence-corrected chi connectivity index (χ3v) is 3.43. The lowest BCUT2D eigenvalue weighted by molar-refractivity contribution is 0.0696. The number of carboxylic acids is 1. The van der Waals surface area contributed by atoms with Crippen LogP contribution < -0.4 is 0 Å². The summed E-state index contributed by atoms with van der Waals surface area (Å²) in [6.07, 6.45) is 0.494. The molecule has 0 saturated heterocycles. The first-order valence-corrected chi connectivity index (χ1v) is 6.48. The number of aryl methyl sites for hydroxylation is 2. The van der Waals surface area contributed by atoms with Crippen LogP contribution in [0.25, 0.3) is 5.69 Å². The number of halogens is 2. The Morgan fingerprint density at radius 1 is 1.42 bits per heavy atom. The maximum Gasteiger partial charge on any atom is 0.340 e. The van der Waals surface area contributed by atoms with Crippen molar-refractivity contribution in [3.05, 3.63) is 45.2 Å². The lowest BCUT2D eigenvalue weighted by Crippen LogP contribution is -2.01. The standard InChI is InChI=1S/C13H12Cl2N2O2/c1-3-9-11(13(18)19)12(15)17(16-9)10-6-8(14)5-4-7(10)2/h4-6H,3H2,1-2H3,(H,18,19). The van der Waals surface area contributed by atoms with Gasteiger partial charge in [-0.2, -0.15) is 5.10 Å². The van der Waals surface area contributed by atoms with Gasteiger partial charge in [-0.3, -0.25) is 0 Å². The Morgan fingerprint density at radius 3 is 2.63 bits per heavy atom. The average molecular weight is 299 g/mol. The molecule has 100 valence electrons. The molecule has 2 aromatic rings. The van der Waals surface area contributed by atoms with Gasteiger partial charge in [-0.1, -0.05) is 36.2 Å². The van der Waals surface area contributed by atoms with Gasteiger partial charge in [-0.15, -0.1) is 0 Å². The summed E-state index contributed by atoms with van der Waals surface area (Å²) in [4.78, 5) is 11.2. The van der Waals surface area contributed by atoms with Crippen molar-refractivity contribution in [2.24, 2.45) is 0 Å². The van der Waals surface area contributed by atoms with Crippen molar-refractivity contribution in [1.29, 1.82) is 0 Å². The minimum absolute atomic E-state index is 0.0449. The molecular formula is C13H12Cl2N2O2. The van der Waals surface area contributed by atoms with Crippen molar-refractivity contribution in [1.82, 2.24) is 9.78 Å². The maximum atomic E-state index is 11.2. The number of benzene rings is 1. The third kappa shape index (κ3) is 2.46. The highest BCUT2D eigenvalue weighted by Crippen LogP contribution is 2.27. The van der Waals surface area contributed by atoms with E-state index in [1.807, 2.05) is 19.9 Å². The Morgan fingerprint density at radius 2 is 2.11 bits per heavy atom. The molecule has 1 N–H and O–H groups in total. The molecule has 0 amide bonds. The van der Waals surface area contributed by atoms with Crippen LogP contribution in [-0.2, 0) is 6.42 Å². The van der Waals surface area contributed by atoms with Crippen LogP contribution in [0, 0.1) is 6.92 Å². The van der Waals surface area contributed by atoms with Crippen LogP contribution >= 0.6 is 23.2 Å². The zero-order valence-corrected chi connectivity index (χ0v) is 12.0. The molecule has 0 spiro atoms. The van der Waals surface area contributed by atoms with E-state index in [1.54, 1.807) is 12.1 Å². The zero-order valence-electron chi connectivity index (χ0n) is 10.4. The molecule has 0 radical (unpaired) electrons. The molecule has 0 atom stereocenters. The first kappa shape index (κ1) is 13.9. The maximum absolute atomic E-state index is 11.2. The van der Waals surface area contributed by atoms with Crippen LogP contribution in [0.1, 0.15) is 28.5 Å². The summed E-state index contributed by atoms with van der Waals surface area (Å²) in [5.41, 5.74) is 2.09. The molecule has 19 heavy (non-hydrogen) atoms. The lowest BCUT2D eigenvalue weighted by atomic mass is 10.2. The smallest absolute Gasteiger partial charge is 0.340 e. The topological polar surface area (TPSA) is 55.1 Å². The molecule has 2 rings (SSSR count). The van der Waals surface area contributed by atoms with Crippen LogP contribution in [0.15, 0.2) is 18.2 Å². The van der Waals surface area contributed by atoms with E-state index in [0.29, 0.717) is 22.8 Å². The van der Waals surface area contributed by atoms with Crippen molar-refractivity contribution in [2.45, 2.75) is 20.3 Å². The largest absolute Gasteiger partial charge is 0.478 e. The summed E-state index contributed by atoms with van der Waals surface area (Å²) < 4.78 is 1.42. The number of aromatic carboxylic acids is 1. The van der Waals surface area contributed by atoms with Gasteiger partial charge in [0, 0.05) is 5.02 Å². The van der Waals surface area contributed by atoms with Crippen LogP contribution in [0.2, 0.25) is 10.2 Å². The Labute approximate surface area is 120 Å². The quantitative estimate of drug-likeness (QED) is 0.939. The first-order valence-electron chi connectivity index (χ1n) is 5.73. The van der Waals surface area contributed by atoms with Gasteiger partial charge in [-0.25, -0.2) is 9.48 Å². The number of aromatic nitrogens is 2. The fraction of sp³-hybridized carbons (Fsp3) is 0.231. The van der Waals surface area contributed by atoms with Gasteiger partial charge in [0.05, 0.1) is 11.4 Å². The highest BCUT2D eigenvalue weighted by atomic mass is 35.5. The number of hydrogen-bond donors (Lipinski definition) is 1. The summed E-state index contributed by atoms with van der Waals surface area (Å²) in [5, 5.41) is 14.1. The summed E-state index contributed by atoms with van der Waals surface area (Å²) in [6, 6.07) is 5.30. The van der Waals surface area contributed by atoms with E-state index in [0.717, 1.165) is 5.56 Å². The van der Waals surface area contributed by atoms with Gasteiger partial charge in [0.1, 0.15) is 10.7 Å². The summed E-state index contributed by atoms with van der Waals surface area (Å²) >= 11 is 12.1. The second kappa shape index (κ2) is 5.23. The summed E-state index contributed by atoms with van der Waals surface area (Å²) in [7, 11) is 0. The number of carboxylic acid groups (broad SMARTS) is 1. The fourth-order valence-electron chi connectivity index (χ4n) is 1.87. The molecule has 0 saturated carbocycles. The van der Waals surface area contributed by atoms with Gasteiger partial charge in [0.15, 0.2) is 0 Å². The van der Waals surface area contributed by atoms with Crippen LogP contribution in [0.5, 0.6) is 0 Å². The van der Waals surface area contributed by atoms with Crippen molar-refractivity contribution >= 4 is 29.2 Å². The van der Waals surface area contributed by atoms with Crippen LogP contribution in [0.4, 0.5) is 0 Å². The molecule has 0 aliphatic heterocycles. The van der Waals surface area contributed by atoms with Crippen molar-refractivity contribution in [3.63, 3.8) is 0 Å². The Balaban J connectivity index is 2.70. The van der Waals surface area contributed by atoms with Crippen molar-refractivity contribution in [2.75, 3.05) is 0 Å². The van der Waals surface area contributed by atoms with E-state index in [9.17, 15) is 9.90 Å². The van der Waals surface area contributed by atoms with E-state index in [4.69, 9.17) is 23.2 Å². The van der Waals surface area contributed by atoms with Crippen molar-refractivity contribution < 1.29 is 9.90 Å². The molecule has 0 unspecified atom stereocenters. The van der Waals surface area contributed by atoms with Gasteiger partial charge in [0.2, 0.25) is 0 Å². The molecule has 4 nitrogen and oxygen atoms in total. The highest BCUT2D eigenvalue weighted by molar-refractivity contribution is 6.33. The SMILES string of the molecule is CCc1nn(-c2cc(Cl)ccc2C)c(Cl)c1C(=O)O. The number of hydrogen-bond acceptors (Lipinski definition) is 2. The van der Waals surface area contributed by atoms with Gasteiger partial charge >= 0.3 is 5.97 Å². The molecule has 1 aromatic heterocycles. The average Bonchev–Trinajstić information content (AvgIpc) is 2.69. The molecule has 0 bridgehead atoms. The number of nitrogens with zero attached hydrogens (tertiary/aromatic N) is 2. The number of carbonyl (C=O) groups is 1. The van der Waals surface area contributed by atoms with Crippen molar-refractivity contribution in [3.8, 4) is 5.69 Å². The number of rotatable bonds is 3. The minimum atomic E-state index is -1.08. The van der Waals surface area contributed by atoms with Gasteiger partial charge < -0.3 is 5.11 Å². The third-order valence-electron chi connectivity index (χ3n) is 2.85. The molecular weight excluding hydrogens is 287 g/mol. The predicted octanol–water partition coefficient (Wildman–Crippen LogP) is 3.75. The van der Waals surface area contributed by atoms with E-state index in [2.05, 4.69) is 5.10 Å². The molecule has 1 heterocycles. The van der Waals surface area contributed by atoms with Gasteiger partial charge in [0.25, 0.3) is 0 Å². The van der Waals surface area contributed by atoms with E-state index < -0.39 is 5.97 Å². The molecule has 1 aromatic carbocycles.